The number of nitrogens with zero attached hydrogens (tertiary/aromatic N) is 1. The van der Waals surface area contributed by atoms with E-state index in [1.54, 1.807) is 0 Å². The van der Waals surface area contributed by atoms with Crippen LogP contribution in [0.3, 0.4) is 0 Å². The number of carboxylic acid groups (broad SMARTS) is 1. The van der Waals surface area contributed by atoms with Crippen molar-refractivity contribution >= 4 is 23.5 Å². The predicted molar refractivity (Wildman–Crippen MR) is 75.5 cm³/mol. The number of benzene rings is 1. The quantitative estimate of drug-likeness (QED) is 0.886. The van der Waals surface area contributed by atoms with Crippen LogP contribution in [0.25, 0.3) is 0 Å². The molecular formula is C14H15ClFNO5. The monoisotopic (exact) mass is 331 g/mol. The van der Waals surface area contributed by atoms with Crippen LogP contribution < -0.4 is 4.74 Å². The lowest BCUT2D eigenvalue weighted by Gasteiger charge is -2.32. The van der Waals surface area contributed by atoms with Crippen LogP contribution in [0, 0.1) is 5.82 Å². The van der Waals surface area contributed by atoms with Crippen molar-refractivity contribution in [2.24, 2.45) is 0 Å². The predicted octanol–water partition coefficient (Wildman–Crippen LogP) is 1.56. The molecule has 1 fully saturated rings. The summed E-state index contributed by atoms with van der Waals surface area (Å²) >= 11 is 5.62. The van der Waals surface area contributed by atoms with Gasteiger partial charge in [0.15, 0.2) is 6.61 Å². The normalized spacial score (nSPS) is 18.1. The van der Waals surface area contributed by atoms with Crippen LogP contribution in [0.15, 0.2) is 18.2 Å². The zero-order chi connectivity index (χ0) is 16.1. The Balaban J connectivity index is 1.86. The van der Waals surface area contributed by atoms with Gasteiger partial charge in [0.2, 0.25) is 0 Å². The topological polar surface area (TPSA) is 76.1 Å². The second-order valence-electron chi connectivity index (χ2n) is 4.80. The summed E-state index contributed by atoms with van der Waals surface area (Å²) in [6, 6.07) is 3.82. The summed E-state index contributed by atoms with van der Waals surface area (Å²) in [6.07, 6.45) is -0.673. The summed E-state index contributed by atoms with van der Waals surface area (Å²) in [5, 5.41) is 8.65. The molecule has 0 unspecified atom stereocenters. The lowest BCUT2D eigenvalue weighted by atomic mass is 10.2. The molecule has 1 aliphatic rings. The van der Waals surface area contributed by atoms with E-state index in [0.29, 0.717) is 6.54 Å². The van der Waals surface area contributed by atoms with Gasteiger partial charge in [0.1, 0.15) is 11.6 Å². The maximum Gasteiger partial charge on any atom is 0.306 e. The van der Waals surface area contributed by atoms with Crippen molar-refractivity contribution in [2.75, 3.05) is 26.3 Å². The molecule has 1 aliphatic heterocycles. The van der Waals surface area contributed by atoms with Crippen LogP contribution in [0.2, 0.25) is 5.02 Å². The van der Waals surface area contributed by atoms with Crippen molar-refractivity contribution in [3.63, 3.8) is 0 Å². The van der Waals surface area contributed by atoms with E-state index in [-0.39, 0.29) is 42.9 Å². The van der Waals surface area contributed by atoms with E-state index >= 15 is 0 Å². The number of hydrogen-bond acceptors (Lipinski definition) is 4. The SMILES string of the molecule is O=C(O)C[C@@H]1CN(C(=O)COc2ccc(F)c(Cl)c2)CCO1. The molecule has 0 bridgehead atoms. The van der Waals surface area contributed by atoms with Gasteiger partial charge in [-0.25, -0.2) is 4.39 Å². The maximum atomic E-state index is 13.0. The molecule has 1 aromatic carbocycles. The molecule has 0 radical (unpaired) electrons. The highest BCUT2D eigenvalue weighted by Crippen LogP contribution is 2.21. The molecule has 0 aromatic heterocycles. The second kappa shape index (κ2) is 7.42. The molecule has 2 rings (SSSR count). The van der Waals surface area contributed by atoms with E-state index in [1.807, 2.05) is 0 Å². The van der Waals surface area contributed by atoms with Gasteiger partial charge in [0.25, 0.3) is 5.91 Å². The Morgan fingerprint density at radius 3 is 2.95 bits per heavy atom. The highest BCUT2D eigenvalue weighted by Gasteiger charge is 2.26. The van der Waals surface area contributed by atoms with E-state index in [4.69, 9.17) is 26.2 Å². The summed E-state index contributed by atoms with van der Waals surface area (Å²) < 4.78 is 23.6. The molecule has 22 heavy (non-hydrogen) atoms. The second-order valence-corrected chi connectivity index (χ2v) is 5.20. The summed E-state index contributed by atoms with van der Waals surface area (Å²) in [5.74, 6) is -1.55. The average Bonchev–Trinajstić information content (AvgIpc) is 2.48. The van der Waals surface area contributed by atoms with Crippen molar-refractivity contribution in [3.05, 3.63) is 29.0 Å². The van der Waals surface area contributed by atoms with Crippen molar-refractivity contribution in [1.82, 2.24) is 4.90 Å². The maximum absolute atomic E-state index is 13.0. The minimum Gasteiger partial charge on any atom is -0.484 e. The third kappa shape index (κ3) is 4.57. The first kappa shape index (κ1) is 16.5. The largest absolute Gasteiger partial charge is 0.484 e. The standard InChI is InChI=1S/C14H15ClFNO5/c15-11-5-9(1-2-12(11)16)22-8-13(18)17-3-4-21-10(7-17)6-14(19)20/h1-2,5,10H,3-4,6-8H2,(H,19,20)/t10-/m1/s1. The first-order valence-electron chi connectivity index (χ1n) is 6.64. The minimum absolute atomic E-state index is 0.0853. The molecule has 1 heterocycles. The number of rotatable bonds is 5. The van der Waals surface area contributed by atoms with E-state index in [0.717, 1.165) is 6.07 Å². The van der Waals surface area contributed by atoms with Gasteiger partial charge in [0.05, 0.1) is 24.2 Å². The molecule has 0 spiro atoms. The number of amides is 1. The van der Waals surface area contributed by atoms with Gasteiger partial charge >= 0.3 is 5.97 Å². The zero-order valence-electron chi connectivity index (χ0n) is 11.6. The Morgan fingerprint density at radius 1 is 1.50 bits per heavy atom. The van der Waals surface area contributed by atoms with Gasteiger partial charge in [-0.3, -0.25) is 9.59 Å². The number of carbonyl (C=O) groups excluding carboxylic acids is 1. The van der Waals surface area contributed by atoms with Gasteiger partial charge < -0.3 is 19.5 Å². The van der Waals surface area contributed by atoms with Crippen LogP contribution in [0.4, 0.5) is 4.39 Å². The molecule has 1 atom stereocenters. The van der Waals surface area contributed by atoms with Crippen LogP contribution in [-0.4, -0.2) is 54.3 Å². The van der Waals surface area contributed by atoms with E-state index in [2.05, 4.69) is 0 Å². The lowest BCUT2D eigenvalue weighted by molar-refractivity contribution is -0.148. The molecule has 0 aliphatic carbocycles. The Kier molecular flexibility index (Phi) is 5.57. The van der Waals surface area contributed by atoms with E-state index < -0.39 is 17.9 Å². The molecule has 120 valence electrons. The fourth-order valence-corrected chi connectivity index (χ4v) is 2.24. The highest BCUT2D eigenvalue weighted by atomic mass is 35.5. The minimum atomic E-state index is -0.975. The Bertz CT molecular complexity index is 568. The van der Waals surface area contributed by atoms with Gasteiger partial charge in [-0.1, -0.05) is 11.6 Å². The Labute approximate surface area is 131 Å². The van der Waals surface area contributed by atoms with Crippen LogP contribution >= 0.6 is 11.6 Å². The first-order chi connectivity index (χ1) is 10.5. The third-order valence-electron chi connectivity index (χ3n) is 3.15. The van der Waals surface area contributed by atoms with Gasteiger partial charge in [0, 0.05) is 19.2 Å². The molecule has 8 heteroatoms. The fourth-order valence-electron chi connectivity index (χ4n) is 2.07. The molecule has 0 saturated carbocycles. The molecule has 1 amide bonds. The van der Waals surface area contributed by atoms with Gasteiger partial charge in [-0.05, 0) is 12.1 Å². The number of carbonyl (C=O) groups is 2. The van der Waals surface area contributed by atoms with Crippen molar-refractivity contribution in [3.8, 4) is 5.75 Å². The summed E-state index contributed by atoms with van der Waals surface area (Å²) in [7, 11) is 0. The smallest absolute Gasteiger partial charge is 0.306 e. The number of morpholine rings is 1. The van der Waals surface area contributed by atoms with Crippen LogP contribution in [0.5, 0.6) is 5.75 Å². The fraction of sp³-hybridized carbons (Fsp3) is 0.429. The third-order valence-corrected chi connectivity index (χ3v) is 3.44. The van der Waals surface area contributed by atoms with Crippen molar-refractivity contribution in [2.45, 2.75) is 12.5 Å². The molecule has 1 N–H and O–H groups in total. The first-order valence-corrected chi connectivity index (χ1v) is 7.02. The number of halogens is 2. The van der Waals surface area contributed by atoms with E-state index in [1.165, 1.54) is 17.0 Å². The number of hydrogen-bond donors (Lipinski definition) is 1. The molecule has 1 saturated heterocycles. The Hall–Kier alpha value is -1.86. The molecular weight excluding hydrogens is 317 g/mol. The molecule has 6 nitrogen and oxygen atoms in total. The van der Waals surface area contributed by atoms with Crippen LogP contribution in [-0.2, 0) is 14.3 Å². The molecule has 1 aromatic rings. The van der Waals surface area contributed by atoms with Crippen LogP contribution in [0.1, 0.15) is 6.42 Å². The zero-order valence-corrected chi connectivity index (χ0v) is 12.4. The summed E-state index contributed by atoms with van der Waals surface area (Å²) in [6.45, 7) is 0.634. The van der Waals surface area contributed by atoms with Crippen molar-refractivity contribution in [1.29, 1.82) is 0 Å². The Morgan fingerprint density at radius 2 is 2.27 bits per heavy atom. The number of ether oxygens (including phenoxy) is 2. The van der Waals surface area contributed by atoms with Gasteiger partial charge in [-0.15, -0.1) is 0 Å². The van der Waals surface area contributed by atoms with Gasteiger partial charge in [-0.2, -0.15) is 0 Å². The van der Waals surface area contributed by atoms with E-state index in [9.17, 15) is 14.0 Å². The average molecular weight is 332 g/mol. The summed E-state index contributed by atoms with van der Waals surface area (Å²) in [5.41, 5.74) is 0. The highest BCUT2D eigenvalue weighted by molar-refractivity contribution is 6.30. The van der Waals surface area contributed by atoms with Crippen molar-refractivity contribution < 1.29 is 28.6 Å². The number of aliphatic carboxylic acids is 1. The summed E-state index contributed by atoms with van der Waals surface area (Å²) in [4.78, 5) is 24.2. The number of carboxylic acids is 1. The lowest BCUT2D eigenvalue weighted by Crippen LogP contribution is -2.47.